The molecule has 0 aliphatic carbocycles. The van der Waals surface area contributed by atoms with Gasteiger partial charge in [-0.25, -0.2) is 12.8 Å². The number of sulfonamides is 1. The van der Waals surface area contributed by atoms with Crippen LogP contribution in [-0.2, 0) is 22.4 Å². The Morgan fingerprint density at radius 3 is 2.30 bits per heavy atom. The highest BCUT2D eigenvalue weighted by molar-refractivity contribution is 7.89. The molecule has 2 aromatic carbocycles. The van der Waals surface area contributed by atoms with Gasteiger partial charge in [0, 0.05) is 23.0 Å². The van der Waals surface area contributed by atoms with Crippen molar-refractivity contribution >= 4 is 15.7 Å². The van der Waals surface area contributed by atoms with E-state index in [-0.39, 0.29) is 22.5 Å². The first-order valence-electron chi connectivity index (χ1n) is 13.5. The van der Waals surface area contributed by atoms with Crippen LogP contribution >= 0.6 is 0 Å². The summed E-state index contributed by atoms with van der Waals surface area (Å²) < 4.78 is 110. The van der Waals surface area contributed by atoms with Crippen LogP contribution in [-0.4, -0.2) is 31.3 Å². The maximum Gasteiger partial charge on any atom is 0.404 e. The summed E-state index contributed by atoms with van der Waals surface area (Å²) >= 11 is 0. The molecule has 3 rings (SSSR count). The molecule has 0 radical (unpaired) electrons. The molecule has 232 valence electrons. The zero-order valence-corrected chi connectivity index (χ0v) is 24.9. The van der Waals surface area contributed by atoms with Crippen LogP contribution in [0.4, 0.5) is 26.3 Å². The van der Waals surface area contributed by atoms with Crippen LogP contribution in [0.5, 0.6) is 0 Å². The third kappa shape index (κ3) is 7.53. The smallest absolute Gasteiger partial charge is 0.304 e. The number of pyridine rings is 1. The number of alkyl halides is 5. The van der Waals surface area contributed by atoms with Crippen LogP contribution in [0.25, 0.3) is 0 Å². The van der Waals surface area contributed by atoms with E-state index in [1.54, 1.807) is 37.6 Å². The van der Waals surface area contributed by atoms with Gasteiger partial charge in [0.25, 0.3) is 5.92 Å². The molecule has 0 spiro atoms. The van der Waals surface area contributed by atoms with Gasteiger partial charge < -0.3 is 5.41 Å². The summed E-state index contributed by atoms with van der Waals surface area (Å²) in [7, 11) is -4.61. The van der Waals surface area contributed by atoms with Gasteiger partial charge in [-0.2, -0.15) is 26.7 Å². The van der Waals surface area contributed by atoms with Crippen LogP contribution in [0.3, 0.4) is 0 Å². The van der Waals surface area contributed by atoms with Crippen LogP contribution in [0.15, 0.2) is 72.3 Å². The van der Waals surface area contributed by atoms with E-state index in [4.69, 9.17) is 0 Å². The number of aromatic nitrogens is 1. The number of rotatable bonds is 12. The highest BCUT2D eigenvalue weighted by Gasteiger charge is 2.39. The van der Waals surface area contributed by atoms with Crippen LogP contribution in [0, 0.1) is 18.2 Å². The number of nitrogens with zero attached hydrogens (tertiary/aromatic N) is 1. The van der Waals surface area contributed by atoms with Gasteiger partial charge in [0.05, 0.1) is 11.6 Å². The Morgan fingerprint density at radius 2 is 1.77 bits per heavy atom. The molecule has 3 aromatic rings. The Labute approximate surface area is 247 Å². The van der Waals surface area contributed by atoms with Crippen LogP contribution < -0.4 is 4.72 Å². The van der Waals surface area contributed by atoms with E-state index in [2.05, 4.69) is 11.6 Å². The first-order chi connectivity index (χ1) is 20.0. The Balaban J connectivity index is 2.17. The van der Waals surface area contributed by atoms with Crippen molar-refractivity contribution < 1.29 is 34.8 Å². The molecular weight excluding hydrogens is 592 g/mol. The molecule has 0 bridgehead atoms. The zero-order chi connectivity index (χ0) is 32.3. The van der Waals surface area contributed by atoms with Crippen molar-refractivity contribution in [2.75, 3.05) is 0 Å². The van der Waals surface area contributed by atoms with E-state index in [0.717, 1.165) is 12.3 Å². The summed E-state index contributed by atoms with van der Waals surface area (Å²) in [6, 6.07) is 8.44. The molecule has 1 aromatic heterocycles. The Morgan fingerprint density at radius 1 is 1.09 bits per heavy atom. The van der Waals surface area contributed by atoms with E-state index < -0.39 is 50.7 Å². The second-order valence-corrected chi connectivity index (χ2v) is 12.0. The lowest BCUT2D eigenvalue weighted by molar-refractivity contribution is -0.147. The molecule has 43 heavy (non-hydrogen) atoms. The maximum absolute atomic E-state index is 14.9. The predicted octanol–water partition coefficient (Wildman–Crippen LogP) is 7.94. The predicted molar refractivity (Wildman–Crippen MR) is 154 cm³/mol. The van der Waals surface area contributed by atoms with E-state index in [1.807, 2.05) is 0 Å². The highest BCUT2D eigenvalue weighted by atomic mass is 32.2. The summed E-state index contributed by atoms with van der Waals surface area (Å²) in [6.07, 6.45) is -2.68. The van der Waals surface area contributed by atoms with E-state index >= 15 is 0 Å². The van der Waals surface area contributed by atoms with Gasteiger partial charge in [0.2, 0.25) is 10.0 Å². The van der Waals surface area contributed by atoms with Gasteiger partial charge in [-0.15, -0.1) is 0 Å². The van der Waals surface area contributed by atoms with Gasteiger partial charge in [-0.3, -0.25) is 4.98 Å². The van der Waals surface area contributed by atoms with Crippen molar-refractivity contribution in [1.82, 2.24) is 9.71 Å². The topological polar surface area (TPSA) is 82.9 Å². The van der Waals surface area contributed by atoms with Crippen molar-refractivity contribution in [3.63, 3.8) is 0 Å². The molecule has 0 aliphatic heterocycles. The van der Waals surface area contributed by atoms with Crippen molar-refractivity contribution in [1.29, 1.82) is 5.41 Å². The monoisotopic (exact) mass is 625 g/mol. The van der Waals surface area contributed by atoms with Gasteiger partial charge in [0.1, 0.15) is 16.8 Å². The quantitative estimate of drug-likeness (QED) is 0.122. The van der Waals surface area contributed by atoms with Crippen molar-refractivity contribution in [2.24, 2.45) is 0 Å². The van der Waals surface area contributed by atoms with Crippen LogP contribution in [0.2, 0.25) is 0 Å². The lowest BCUT2D eigenvalue weighted by atomic mass is 9.76. The average Bonchev–Trinajstić information content (AvgIpc) is 2.95. The second-order valence-electron chi connectivity index (χ2n) is 10.3. The normalized spacial score (nSPS) is 14.7. The van der Waals surface area contributed by atoms with Gasteiger partial charge in [0.15, 0.2) is 0 Å². The summed E-state index contributed by atoms with van der Waals surface area (Å²) in [5.74, 6) is -5.48. The molecule has 0 saturated carbocycles. The molecule has 3 atom stereocenters. The summed E-state index contributed by atoms with van der Waals surface area (Å²) in [5, 5.41) is 9.20. The first kappa shape index (κ1) is 34.0. The molecule has 0 saturated heterocycles. The molecule has 0 fully saturated rings. The van der Waals surface area contributed by atoms with Crippen molar-refractivity contribution in [3.05, 3.63) is 107 Å². The molecule has 2 N–H and O–H groups in total. The van der Waals surface area contributed by atoms with Gasteiger partial charge in [-0.1, -0.05) is 44.7 Å². The minimum atomic E-state index is -4.81. The molecule has 3 unspecified atom stereocenters. The number of nitrogens with one attached hydrogen (secondary N) is 2. The first-order valence-corrected chi connectivity index (χ1v) is 15.0. The van der Waals surface area contributed by atoms with Gasteiger partial charge >= 0.3 is 6.18 Å². The lowest BCUT2D eigenvalue weighted by Gasteiger charge is -2.29. The molecule has 1 heterocycles. The number of benzene rings is 2. The van der Waals surface area contributed by atoms with E-state index in [0.29, 0.717) is 42.5 Å². The molecular formula is C31H33F6N3O2S. The number of hydrogen-bond donors (Lipinski definition) is 2. The number of hydrogen-bond acceptors (Lipinski definition) is 4. The molecule has 0 amide bonds. The van der Waals surface area contributed by atoms with Crippen molar-refractivity contribution in [2.45, 2.75) is 75.4 Å². The Kier molecular flexibility index (Phi) is 10.3. The van der Waals surface area contributed by atoms with Crippen LogP contribution in [0.1, 0.15) is 72.5 Å². The standard InChI is InChI=1S/C31H33F6N3O2S/c1-6-20-14-18(4)25(16-26(20)32)29(38)28(24(7-2)21-10-9-11-22(15-21)30(33,34)8-3)27-13-12-23(17-39-27)43(41,42)40-19(5)31(35,36)37/h8-17,19,24,28,38,40H,3,6-7H2,1-2,4-5H3. The lowest BCUT2D eigenvalue weighted by Crippen LogP contribution is -2.43. The fraction of sp³-hybridized carbons (Fsp3) is 0.355. The average molecular weight is 626 g/mol. The molecule has 12 heteroatoms. The molecule has 0 aliphatic rings. The largest absolute Gasteiger partial charge is 0.404 e. The summed E-state index contributed by atoms with van der Waals surface area (Å²) in [4.78, 5) is 3.70. The minimum absolute atomic E-state index is 0.0845. The SMILES string of the molecule is C=CC(F)(F)c1cccc(C(CC)C(C(=N)c2cc(F)c(CC)cc2C)c2ccc(S(=O)(=O)NC(C)C(F)(F)F)cn2)c1. The second kappa shape index (κ2) is 13.0. The molecule has 5 nitrogen and oxygen atoms in total. The van der Waals surface area contributed by atoms with Gasteiger partial charge in [-0.05, 0) is 79.6 Å². The fourth-order valence-corrected chi connectivity index (χ4v) is 6.06. The number of halogens is 6. The highest BCUT2D eigenvalue weighted by Crippen LogP contribution is 2.40. The minimum Gasteiger partial charge on any atom is -0.304 e. The summed E-state index contributed by atoms with van der Waals surface area (Å²) in [6.45, 7) is 9.14. The maximum atomic E-state index is 14.9. The zero-order valence-electron chi connectivity index (χ0n) is 24.1. The van der Waals surface area contributed by atoms with Crippen molar-refractivity contribution in [3.8, 4) is 0 Å². The Hall–Kier alpha value is -3.51. The number of aryl methyl sites for hydroxylation is 2. The van der Waals surface area contributed by atoms with E-state index in [1.165, 1.54) is 30.3 Å². The van der Waals surface area contributed by atoms with E-state index in [9.17, 15) is 40.2 Å². The summed E-state index contributed by atoms with van der Waals surface area (Å²) in [5.41, 5.74) is 1.48. The Bertz CT molecular complexity index is 1590. The fourth-order valence-electron chi connectivity index (χ4n) is 4.89. The number of allylic oxidation sites excluding steroid dienone is 1. The third-order valence-corrected chi connectivity index (χ3v) is 8.91. The third-order valence-electron chi connectivity index (χ3n) is 7.38.